The highest BCUT2D eigenvalue weighted by molar-refractivity contribution is 5.93. The van der Waals surface area contributed by atoms with Gasteiger partial charge in [0, 0.05) is 31.1 Å². The van der Waals surface area contributed by atoms with E-state index in [1.54, 1.807) is 18.6 Å². The van der Waals surface area contributed by atoms with Gasteiger partial charge < -0.3 is 15.2 Å². The summed E-state index contributed by atoms with van der Waals surface area (Å²) in [5, 5.41) is 5.86. The van der Waals surface area contributed by atoms with Gasteiger partial charge in [0.15, 0.2) is 5.82 Å². The number of anilines is 1. The number of benzene rings is 1. The average Bonchev–Trinajstić information content (AvgIpc) is 3.53. The number of rotatable bonds is 5. The van der Waals surface area contributed by atoms with Gasteiger partial charge in [0.25, 0.3) is 0 Å². The number of carbonyl (C=O) groups excluding carboxylic acids is 2. The topological polar surface area (TPSA) is 88.9 Å². The zero-order valence-electron chi connectivity index (χ0n) is 18.9. The lowest BCUT2D eigenvalue weighted by Crippen LogP contribution is -2.40. The molecule has 3 aromatic rings. The molecule has 2 heterocycles. The SMILES string of the molecule is CC(=O)N[C@@H]1CCC[C@H](C(=O)Nc2cc(-c3cc(F)c4ncn(C5CC5)c4c3)c(C)cn2)C1. The number of nitrogens with one attached hydrogen (secondary N) is 2. The molecule has 0 bridgehead atoms. The molecule has 2 atom stereocenters. The minimum absolute atomic E-state index is 0.0274. The van der Waals surface area contributed by atoms with Crippen LogP contribution in [0.25, 0.3) is 22.2 Å². The summed E-state index contributed by atoms with van der Waals surface area (Å²) in [5.41, 5.74) is 3.63. The third kappa shape index (κ3) is 4.47. The fourth-order valence-electron chi connectivity index (χ4n) is 4.87. The van der Waals surface area contributed by atoms with Crippen molar-refractivity contribution < 1.29 is 14.0 Å². The van der Waals surface area contributed by atoms with E-state index in [2.05, 4.69) is 25.2 Å². The molecule has 33 heavy (non-hydrogen) atoms. The van der Waals surface area contributed by atoms with Crippen LogP contribution in [-0.4, -0.2) is 32.4 Å². The summed E-state index contributed by atoms with van der Waals surface area (Å²) >= 11 is 0. The van der Waals surface area contributed by atoms with E-state index in [4.69, 9.17) is 0 Å². The predicted molar refractivity (Wildman–Crippen MR) is 124 cm³/mol. The van der Waals surface area contributed by atoms with Crippen molar-refractivity contribution in [2.45, 2.75) is 64.5 Å². The Morgan fingerprint density at radius 3 is 2.70 bits per heavy atom. The Morgan fingerprint density at radius 1 is 1.12 bits per heavy atom. The molecule has 0 spiro atoms. The van der Waals surface area contributed by atoms with E-state index < -0.39 is 0 Å². The third-order valence-electron chi connectivity index (χ3n) is 6.69. The molecule has 2 aromatic heterocycles. The minimum Gasteiger partial charge on any atom is -0.354 e. The van der Waals surface area contributed by atoms with Crippen molar-refractivity contribution in [1.29, 1.82) is 0 Å². The van der Waals surface area contributed by atoms with Gasteiger partial charge in [-0.25, -0.2) is 14.4 Å². The Hall–Kier alpha value is -3.29. The van der Waals surface area contributed by atoms with E-state index in [0.29, 0.717) is 23.8 Å². The number of nitrogens with zero attached hydrogens (tertiary/aromatic N) is 3. The number of imidazole rings is 1. The molecule has 0 saturated heterocycles. The van der Waals surface area contributed by atoms with Crippen molar-refractivity contribution in [3.63, 3.8) is 0 Å². The van der Waals surface area contributed by atoms with Gasteiger partial charge in [-0.15, -0.1) is 0 Å². The van der Waals surface area contributed by atoms with Crippen LogP contribution in [-0.2, 0) is 9.59 Å². The molecule has 172 valence electrons. The number of hydrogen-bond donors (Lipinski definition) is 2. The molecule has 5 rings (SSSR count). The lowest BCUT2D eigenvalue weighted by molar-refractivity contribution is -0.123. The molecular formula is C25H28FN5O2. The second kappa shape index (κ2) is 8.57. The summed E-state index contributed by atoms with van der Waals surface area (Å²) < 4.78 is 16.9. The van der Waals surface area contributed by atoms with Gasteiger partial charge in [-0.2, -0.15) is 0 Å². The largest absolute Gasteiger partial charge is 0.354 e. The van der Waals surface area contributed by atoms with Crippen molar-refractivity contribution in [3.05, 3.63) is 42.1 Å². The molecule has 7 nitrogen and oxygen atoms in total. The number of carbonyl (C=O) groups is 2. The Labute approximate surface area is 191 Å². The number of fused-ring (bicyclic) bond motifs is 1. The van der Waals surface area contributed by atoms with E-state index in [9.17, 15) is 14.0 Å². The summed E-state index contributed by atoms with van der Waals surface area (Å²) in [5.74, 6) is -0.254. The molecule has 8 heteroatoms. The molecule has 2 fully saturated rings. The summed E-state index contributed by atoms with van der Waals surface area (Å²) in [4.78, 5) is 32.9. The highest BCUT2D eigenvalue weighted by atomic mass is 19.1. The zero-order chi connectivity index (χ0) is 23.1. The lowest BCUT2D eigenvalue weighted by atomic mass is 9.85. The summed E-state index contributed by atoms with van der Waals surface area (Å²) in [6.45, 7) is 3.42. The number of amides is 2. The van der Waals surface area contributed by atoms with Gasteiger partial charge in [-0.05, 0) is 73.9 Å². The van der Waals surface area contributed by atoms with E-state index in [-0.39, 0.29) is 29.6 Å². The first kappa shape index (κ1) is 21.6. The monoisotopic (exact) mass is 449 g/mol. The number of aromatic nitrogens is 3. The van der Waals surface area contributed by atoms with Crippen LogP contribution in [0.2, 0.25) is 0 Å². The van der Waals surface area contributed by atoms with Crippen LogP contribution in [0.4, 0.5) is 10.2 Å². The minimum atomic E-state index is -0.352. The number of hydrogen-bond acceptors (Lipinski definition) is 4. The molecule has 1 aromatic carbocycles. The Bertz CT molecular complexity index is 1230. The number of pyridine rings is 1. The molecule has 2 aliphatic carbocycles. The van der Waals surface area contributed by atoms with E-state index in [1.165, 1.54) is 13.0 Å². The van der Waals surface area contributed by atoms with Crippen molar-refractivity contribution in [2.24, 2.45) is 5.92 Å². The summed E-state index contributed by atoms with van der Waals surface area (Å²) in [6, 6.07) is 5.70. The number of halogens is 1. The van der Waals surface area contributed by atoms with E-state index in [1.807, 2.05) is 13.0 Å². The van der Waals surface area contributed by atoms with Gasteiger partial charge in [0.05, 0.1) is 11.8 Å². The smallest absolute Gasteiger partial charge is 0.228 e. The molecule has 2 amide bonds. The quantitative estimate of drug-likeness (QED) is 0.600. The van der Waals surface area contributed by atoms with Crippen LogP contribution in [0, 0.1) is 18.7 Å². The molecule has 2 N–H and O–H groups in total. The fourth-order valence-corrected chi connectivity index (χ4v) is 4.87. The first-order valence-corrected chi connectivity index (χ1v) is 11.6. The highest BCUT2D eigenvalue weighted by Gasteiger charge is 2.28. The van der Waals surface area contributed by atoms with E-state index in [0.717, 1.165) is 54.3 Å². The second-order valence-corrected chi connectivity index (χ2v) is 9.34. The number of aryl methyl sites for hydroxylation is 1. The van der Waals surface area contributed by atoms with Crippen molar-refractivity contribution in [2.75, 3.05) is 5.32 Å². The lowest BCUT2D eigenvalue weighted by Gasteiger charge is -2.28. The van der Waals surface area contributed by atoms with Crippen LogP contribution >= 0.6 is 0 Å². The standard InChI is InChI=1S/C25H28FN5O2/c1-14-12-27-23(30-25(33)16-4-3-5-18(8-16)29-15(2)32)11-20(14)17-9-21(26)24-22(10-17)31(13-28-24)19-6-7-19/h9-13,16,18-19H,3-8H2,1-2H3,(H,29,32)(H,27,30,33)/t16-,18+/m0/s1. The first-order valence-electron chi connectivity index (χ1n) is 11.6. The van der Waals surface area contributed by atoms with Gasteiger partial charge in [-0.1, -0.05) is 6.42 Å². The van der Waals surface area contributed by atoms with Crippen LogP contribution in [0.1, 0.15) is 57.1 Å². The van der Waals surface area contributed by atoms with Gasteiger partial charge in [0.2, 0.25) is 11.8 Å². The molecular weight excluding hydrogens is 421 g/mol. The first-order chi connectivity index (χ1) is 15.9. The summed E-state index contributed by atoms with van der Waals surface area (Å²) in [6.07, 6.45) is 8.79. The fraction of sp³-hybridized carbons (Fsp3) is 0.440. The van der Waals surface area contributed by atoms with Crippen LogP contribution in [0.5, 0.6) is 0 Å². The maximum Gasteiger partial charge on any atom is 0.228 e. The molecule has 0 unspecified atom stereocenters. The molecule has 2 saturated carbocycles. The third-order valence-corrected chi connectivity index (χ3v) is 6.69. The molecule has 0 aliphatic heterocycles. The van der Waals surface area contributed by atoms with Crippen LogP contribution in [0.3, 0.4) is 0 Å². The zero-order valence-corrected chi connectivity index (χ0v) is 18.9. The van der Waals surface area contributed by atoms with Gasteiger partial charge in [0.1, 0.15) is 11.3 Å². The van der Waals surface area contributed by atoms with Crippen molar-refractivity contribution in [1.82, 2.24) is 19.9 Å². The van der Waals surface area contributed by atoms with E-state index >= 15 is 0 Å². The predicted octanol–water partition coefficient (Wildman–Crippen LogP) is 4.51. The second-order valence-electron chi connectivity index (χ2n) is 9.34. The van der Waals surface area contributed by atoms with Gasteiger partial charge >= 0.3 is 0 Å². The average molecular weight is 450 g/mol. The Kier molecular flexibility index (Phi) is 5.60. The van der Waals surface area contributed by atoms with Crippen LogP contribution in [0.15, 0.2) is 30.7 Å². The highest BCUT2D eigenvalue weighted by Crippen LogP contribution is 2.39. The van der Waals surface area contributed by atoms with Crippen molar-refractivity contribution >= 4 is 28.7 Å². The molecule has 2 aliphatic rings. The molecule has 0 radical (unpaired) electrons. The van der Waals surface area contributed by atoms with Gasteiger partial charge in [-0.3, -0.25) is 9.59 Å². The normalized spacial score (nSPS) is 20.6. The summed E-state index contributed by atoms with van der Waals surface area (Å²) in [7, 11) is 0. The Balaban J connectivity index is 1.39. The van der Waals surface area contributed by atoms with Crippen molar-refractivity contribution in [3.8, 4) is 11.1 Å². The maximum atomic E-state index is 14.9. The van der Waals surface area contributed by atoms with Crippen LogP contribution < -0.4 is 10.6 Å². The maximum absolute atomic E-state index is 14.9. The Morgan fingerprint density at radius 2 is 1.94 bits per heavy atom.